The number of benzene rings is 2. The van der Waals surface area contributed by atoms with Crippen LogP contribution in [0.4, 0.5) is 0 Å². The fraction of sp³-hybridized carbons (Fsp3) is 0.462. The lowest BCUT2D eigenvalue weighted by atomic mass is 9.87. The Labute approximate surface area is 207 Å². The molecule has 2 amide bonds. The van der Waals surface area contributed by atoms with Crippen LogP contribution in [0, 0.1) is 5.92 Å². The molecule has 2 aromatic carbocycles. The Hall–Kier alpha value is -2.24. The second-order valence-electron chi connectivity index (χ2n) is 9.65. The van der Waals surface area contributed by atoms with Crippen molar-refractivity contribution in [2.45, 2.75) is 59.5 Å². The summed E-state index contributed by atoms with van der Waals surface area (Å²) in [6.45, 7) is 12.7. The molecule has 0 aromatic heterocycles. The summed E-state index contributed by atoms with van der Waals surface area (Å²) < 4.78 is 5.75. The molecule has 0 fully saturated rings. The first-order valence-electron chi connectivity index (χ1n) is 11.1. The number of hydrogen-bond acceptors (Lipinski definition) is 3. The number of hydrogen-bond donors (Lipinski definition) is 1. The maximum Gasteiger partial charge on any atom is 0.261 e. The molecule has 0 heterocycles. The Morgan fingerprint density at radius 1 is 1.00 bits per heavy atom. The Morgan fingerprint density at radius 3 is 2.18 bits per heavy atom. The molecule has 1 atom stereocenters. The first-order chi connectivity index (χ1) is 15.4. The Balaban J connectivity index is 2.15. The molecule has 0 spiro atoms. The van der Waals surface area contributed by atoms with Gasteiger partial charge in [0.05, 0.1) is 10.0 Å². The summed E-state index contributed by atoms with van der Waals surface area (Å²) in [7, 11) is 0. The topological polar surface area (TPSA) is 58.6 Å². The summed E-state index contributed by atoms with van der Waals surface area (Å²) in [5.41, 5.74) is 1.98. The third-order valence-electron chi connectivity index (χ3n) is 5.27. The lowest BCUT2D eigenvalue weighted by molar-refractivity contribution is -0.142. The van der Waals surface area contributed by atoms with Crippen LogP contribution in [-0.4, -0.2) is 35.9 Å². The van der Waals surface area contributed by atoms with E-state index < -0.39 is 6.04 Å². The Kier molecular flexibility index (Phi) is 9.62. The van der Waals surface area contributed by atoms with Gasteiger partial charge in [-0.3, -0.25) is 9.59 Å². The fourth-order valence-electron chi connectivity index (χ4n) is 3.15. The summed E-state index contributed by atoms with van der Waals surface area (Å²) >= 11 is 12.2. The van der Waals surface area contributed by atoms with E-state index >= 15 is 0 Å². The molecule has 5 nitrogen and oxygen atoms in total. The van der Waals surface area contributed by atoms with Crippen molar-refractivity contribution < 1.29 is 14.3 Å². The van der Waals surface area contributed by atoms with Crippen LogP contribution in [0.25, 0.3) is 0 Å². The highest BCUT2D eigenvalue weighted by atomic mass is 35.5. The van der Waals surface area contributed by atoms with Crippen molar-refractivity contribution in [1.29, 1.82) is 0 Å². The minimum Gasteiger partial charge on any atom is -0.484 e. The lowest BCUT2D eigenvalue weighted by Crippen LogP contribution is -2.49. The smallest absolute Gasteiger partial charge is 0.261 e. The standard InChI is InChI=1S/C26H34Cl2N2O3/c1-17(2)14-29-25(32)18(3)30(15-19-7-12-22(27)23(28)13-19)24(31)16-33-21-10-8-20(9-11-21)26(4,5)6/h7-13,17-18H,14-16H2,1-6H3,(H,29,32)/t18-/m0/s1. The lowest BCUT2D eigenvalue weighted by Gasteiger charge is -2.29. The number of amides is 2. The zero-order valence-electron chi connectivity index (χ0n) is 20.2. The number of nitrogens with one attached hydrogen (secondary N) is 1. The van der Waals surface area contributed by atoms with Gasteiger partial charge in [0.15, 0.2) is 6.61 Å². The number of ether oxygens (including phenoxy) is 1. The van der Waals surface area contributed by atoms with E-state index in [9.17, 15) is 9.59 Å². The average molecular weight is 493 g/mol. The summed E-state index contributed by atoms with van der Waals surface area (Å²) in [6.07, 6.45) is 0. The molecule has 2 rings (SSSR count). The molecular formula is C26H34Cl2N2O3. The second kappa shape index (κ2) is 11.8. The monoisotopic (exact) mass is 492 g/mol. The number of nitrogens with zero attached hydrogens (tertiary/aromatic N) is 1. The molecular weight excluding hydrogens is 459 g/mol. The van der Waals surface area contributed by atoms with Crippen LogP contribution in [0.15, 0.2) is 42.5 Å². The number of rotatable bonds is 9. The molecule has 0 aliphatic carbocycles. The van der Waals surface area contributed by atoms with E-state index in [1.807, 2.05) is 38.1 Å². The van der Waals surface area contributed by atoms with Gasteiger partial charge >= 0.3 is 0 Å². The van der Waals surface area contributed by atoms with E-state index in [0.29, 0.717) is 28.3 Å². The molecule has 180 valence electrons. The number of carbonyl (C=O) groups excluding carboxylic acids is 2. The van der Waals surface area contributed by atoms with Crippen molar-refractivity contribution in [2.24, 2.45) is 5.92 Å². The first kappa shape index (κ1) is 27.0. The van der Waals surface area contributed by atoms with E-state index in [1.165, 1.54) is 10.5 Å². The normalized spacial score (nSPS) is 12.4. The summed E-state index contributed by atoms with van der Waals surface area (Å²) in [5.74, 6) is 0.391. The van der Waals surface area contributed by atoms with Crippen LogP contribution in [0.1, 0.15) is 52.7 Å². The molecule has 0 unspecified atom stereocenters. The minimum atomic E-state index is -0.683. The largest absolute Gasteiger partial charge is 0.484 e. The predicted molar refractivity (Wildman–Crippen MR) is 135 cm³/mol. The van der Waals surface area contributed by atoms with Crippen LogP contribution >= 0.6 is 23.2 Å². The third-order valence-corrected chi connectivity index (χ3v) is 6.01. The molecule has 0 radical (unpaired) electrons. The maximum atomic E-state index is 13.1. The van der Waals surface area contributed by atoms with Gasteiger partial charge in [-0.05, 0) is 53.6 Å². The van der Waals surface area contributed by atoms with Gasteiger partial charge in [0, 0.05) is 13.1 Å². The van der Waals surface area contributed by atoms with Crippen LogP contribution in [-0.2, 0) is 21.5 Å². The van der Waals surface area contributed by atoms with Gasteiger partial charge in [-0.2, -0.15) is 0 Å². The van der Waals surface area contributed by atoms with Gasteiger partial charge < -0.3 is 15.0 Å². The first-order valence-corrected chi connectivity index (χ1v) is 11.9. The predicted octanol–water partition coefficient (Wildman–Crippen LogP) is 5.86. The van der Waals surface area contributed by atoms with E-state index in [0.717, 1.165) is 5.56 Å². The van der Waals surface area contributed by atoms with E-state index in [2.05, 4.69) is 26.1 Å². The molecule has 0 aliphatic heterocycles. The molecule has 0 aliphatic rings. The zero-order valence-corrected chi connectivity index (χ0v) is 21.8. The van der Waals surface area contributed by atoms with Crippen molar-refractivity contribution in [1.82, 2.24) is 10.2 Å². The van der Waals surface area contributed by atoms with Crippen LogP contribution in [0.5, 0.6) is 5.75 Å². The van der Waals surface area contributed by atoms with Crippen LogP contribution < -0.4 is 10.1 Å². The number of halogens is 2. The van der Waals surface area contributed by atoms with Crippen molar-refractivity contribution in [3.8, 4) is 5.75 Å². The minimum absolute atomic E-state index is 0.0315. The van der Waals surface area contributed by atoms with E-state index in [1.54, 1.807) is 25.1 Å². The fourth-order valence-corrected chi connectivity index (χ4v) is 3.47. The second-order valence-corrected chi connectivity index (χ2v) is 10.5. The number of carbonyl (C=O) groups is 2. The zero-order chi connectivity index (χ0) is 24.8. The molecule has 0 saturated carbocycles. The Bertz CT molecular complexity index is 953. The summed E-state index contributed by atoms with van der Waals surface area (Å²) in [6, 6.07) is 12.2. The van der Waals surface area contributed by atoms with Gasteiger partial charge in [-0.1, -0.05) is 76.0 Å². The van der Waals surface area contributed by atoms with Gasteiger partial charge in [-0.15, -0.1) is 0 Å². The van der Waals surface area contributed by atoms with Gasteiger partial charge in [0.25, 0.3) is 5.91 Å². The van der Waals surface area contributed by atoms with Crippen molar-refractivity contribution >= 4 is 35.0 Å². The highest BCUT2D eigenvalue weighted by molar-refractivity contribution is 6.42. The van der Waals surface area contributed by atoms with E-state index in [4.69, 9.17) is 27.9 Å². The average Bonchev–Trinajstić information content (AvgIpc) is 2.75. The van der Waals surface area contributed by atoms with Crippen molar-refractivity contribution in [3.63, 3.8) is 0 Å². The molecule has 1 N–H and O–H groups in total. The highest BCUT2D eigenvalue weighted by Crippen LogP contribution is 2.25. The van der Waals surface area contributed by atoms with Gasteiger partial charge in [0.1, 0.15) is 11.8 Å². The third kappa shape index (κ3) is 8.24. The van der Waals surface area contributed by atoms with Crippen LogP contribution in [0.2, 0.25) is 10.0 Å². The summed E-state index contributed by atoms with van der Waals surface area (Å²) in [4.78, 5) is 27.4. The van der Waals surface area contributed by atoms with Crippen molar-refractivity contribution in [2.75, 3.05) is 13.2 Å². The maximum absolute atomic E-state index is 13.1. The summed E-state index contributed by atoms with van der Waals surface area (Å²) in [5, 5.41) is 3.73. The molecule has 0 saturated heterocycles. The molecule has 33 heavy (non-hydrogen) atoms. The molecule has 2 aromatic rings. The quantitative estimate of drug-likeness (QED) is 0.476. The Morgan fingerprint density at radius 2 is 1.64 bits per heavy atom. The van der Waals surface area contributed by atoms with Gasteiger partial charge in [0.2, 0.25) is 5.91 Å². The highest BCUT2D eigenvalue weighted by Gasteiger charge is 2.27. The van der Waals surface area contributed by atoms with Crippen molar-refractivity contribution in [3.05, 3.63) is 63.6 Å². The molecule has 0 bridgehead atoms. The molecule has 7 heteroatoms. The van der Waals surface area contributed by atoms with Gasteiger partial charge in [-0.25, -0.2) is 0 Å². The van der Waals surface area contributed by atoms with Crippen LogP contribution in [0.3, 0.4) is 0 Å². The van der Waals surface area contributed by atoms with E-state index in [-0.39, 0.29) is 30.4 Å². The SMILES string of the molecule is CC(C)CNC(=O)[C@H](C)N(Cc1ccc(Cl)c(Cl)c1)C(=O)COc1ccc(C(C)(C)C)cc1.